The number of thioether (sulfide) groups is 1. The predicted octanol–water partition coefficient (Wildman–Crippen LogP) is 6.02. The standard InChI is InChI=1S/C34H31N3O7S/c1-3-44-30-12-8-7-11-23(30)19-28(37-32(40)22-9-5-4-6-10-22)33(41)35-24-13-16-26(17-14-24)45-21(2)31(39)36-25-15-18-29(38)27(20-25)34(42)43/h4-21,38H,3H2,1-2H3,(H,35,41)(H,36,39)(H,37,40)(H,42,43)/b28-19-. The molecule has 0 fully saturated rings. The average molecular weight is 626 g/mol. The Bertz CT molecular complexity index is 1720. The van der Waals surface area contributed by atoms with Gasteiger partial charge in [0.1, 0.15) is 22.8 Å². The zero-order valence-corrected chi connectivity index (χ0v) is 25.3. The van der Waals surface area contributed by atoms with Crippen LogP contribution in [-0.4, -0.2) is 45.8 Å². The molecule has 4 rings (SSSR count). The number of carbonyl (C=O) groups excluding carboxylic acids is 3. The molecular weight excluding hydrogens is 594 g/mol. The van der Waals surface area contributed by atoms with Gasteiger partial charge in [-0.1, -0.05) is 36.4 Å². The van der Waals surface area contributed by atoms with Gasteiger partial charge < -0.3 is 30.9 Å². The second-order valence-corrected chi connectivity index (χ2v) is 11.0. The Balaban J connectivity index is 1.45. The van der Waals surface area contributed by atoms with Gasteiger partial charge in [0.2, 0.25) is 5.91 Å². The number of ether oxygens (including phenoxy) is 1. The minimum Gasteiger partial charge on any atom is -0.507 e. The monoisotopic (exact) mass is 625 g/mol. The fraction of sp³-hybridized carbons (Fsp3) is 0.118. The summed E-state index contributed by atoms with van der Waals surface area (Å²) in [5, 5.41) is 26.5. The Morgan fingerprint density at radius 2 is 1.53 bits per heavy atom. The van der Waals surface area contributed by atoms with Crippen LogP contribution in [0.2, 0.25) is 0 Å². The Morgan fingerprint density at radius 1 is 0.867 bits per heavy atom. The molecule has 1 unspecified atom stereocenters. The number of aromatic hydroxyl groups is 1. The highest BCUT2D eigenvalue weighted by molar-refractivity contribution is 8.00. The lowest BCUT2D eigenvalue weighted by Crippen LogP contribution is -2.30. The maximum atomic E-state index is 13.4. The van der Waals surface area contributed by atoms with Gasteiger partial charge in [-0.05, 0) is 80.6 Å². The number of amides is 3. The number of hydrogen-bond acceptors (Lipinski definition) is 7. The van der Waals surface area contributed by atoms with Crippen molar-refractivity contribution in [1.82, 2.24) is 5.32 Å². The van der Waals surface area contributed by atoms with E-state index in [4.69, 9.17) is 4.74 Å². The van der Waals surface area contributed by atoms with E-state index < -0.39 is 28.8 Å². The van der Waals surface area contributed by atoms with Crippen LogP contribution in [0.4, 0.5) is 11.4 Å². The first kappa shape index (κ1) is 32.4. The van der Waals surface area contributed by atoms with Crippen molar-refractivity contribution in [3.05, 3.63) is 119 Å². The molecule has 10 nitrogen and oxygen atoms in total. The number of carbonyl (C=O) groups is 4. The van der Waals surface area contributed by atoms with Gasteiger partial charge in [0.15, 0.2) is 0 Å². The molecule has 5 N–H and O–H groups in total. The molecule has 3 amide bonds. The van der Waals surface area contributed by atoms with E-state index in [1.165, 1.54) is 30.0 Å². The number of rotatable bonds is 12. The van der Waals surface area contributed by atoms with Crippen LogP contribution in [0.15, 0.2) is 108 Å². The number of carboxylic acids is 1. The molecule has 0 aliphatic heterocycles. The summed E-state index contributed by atoms with van der Waals surface area (Å²) in [7, 11) is 0. The molecule has 4 aromatic rings. The quantitative estimate of drug-likeness (QED) is 0.0728. The van der Waals surface area contributed by atoms with E-state index in [1.807, 2.05) is 13.0 Å². The summed E-state index contributed by atoms with van der Waals surface area (Å²) in [4.78, 5) is 51.1. The van der Waals surface area contributed by atoms with E-state index in [0.717, 1.165) is 4.90 Å². The molecule has 1 atom stereocenters. The lowest BCUT2D eigenvalue weighted by atomic mass is 10.1. The van der Waals surface area contributed by atoms with Crippen LogP contribution in [0, 0.1) is 0 Å². The third-order valence-electron chi connectivity index (χ3n) is 6.34. The van der Waals surface area contributed by atoms with E-state index >= 15 is 0 Å². The Morgan fingerprint density at radius 3 is 2.22 bits per heavy atom. The van der Waals surface area contributed by atoms with Crippen molar-refractivity contribution in [2.75, 3.05) is 17.2 Å². The van der Waals surface area contributed by atoms with Gasteiger partial charge in [-0.2, -0.15) is 0 Å². The van der Waals surface area contributed by atoms with Crippen LogP contribution in [0.3, 0.4) is 0 Å². The first-order chi connectivity index (χ1) is 21.6. The van der Waals surface area contributed by atoms with Crippen molar-refractivity contribution in [1.29, 1.82) is 0 Å². The van der Waals surface area contributed by atoms with Crippen molar-refractivity contribution in [2.45, 2.75) is 24.0 Å². The Hall–Kier alpha value is -5.55. The van der Waals surface area contributed by atoms with E-state index in [-0.39, 0.29) is 22.9 Å². The van der Waals surface area contributed by atoms with Crippen LogP contribution in [-0.2, 0) is 9.59 Å². The summed E-state index contributed by atoms with van der Waals surface area (Å²) < 4.78 is 5.69. The Labute approximate surface area is 264 Å². The van der Waals surface area contributed by atoms with Crippen molar-refractivity contribution < 1.29 is 34.1 Å². The molecule has 0 aliphatic rings. The van der Waals surface area contributed by atoms with Gasteiger partial charge in [0.25, 0.3) is 11.8 Å². The molecule has 11 heteroatoms. The van der Waals surface area contributed by atoms with Gasteiger partial charge in [0.05, 0.1) is 11.9 Å². The maximum Gasteiger partial charge on any atom is 0.339 e. The molecule has 230 valence electrons. The molecule has 0 saturated carbocycles. The summed E-state index contributed by atoms with van der Waals surface area (Å²) in [6.07, 6.45) is 1.55. The smallest absolute Gasteiger partial charge is 0.339 e. The highest BCUT2D eigenvalue weighted by atomic mass is 32.2. The minimum absolute atomic E-state index is 0.0139. The highest BCUT2D eigenvalue weighted by Gasteiger charge is 2.18. The number of carboxylic acid groups (broad SMARTS) is 1. The zero-order chi connectivity index (χ0) is 32.3. The number of benzene rings is 4. The van der Waals surface area contributed by atoms with E-state index in [9.17, 15) is 29.4 Å². The summed E-state index contributed by atoms with van der Waals surface area (Å²) >= 11 is 1.26. The van der Waals surface area contributed by atoms with Crippen molar-refractivity contribution >= 4 is 52.9 Å². The van der Waals surface area contributed by atoms with Crippen LogP contribution >= 0.6 is 11.8 Å². The number of hydrogen-bond donors (Lipinski definition) is 5. The summed E-state index contributed by atoms with van der Waals surface area (Å²) in [6, 6.07) is 26.4. The lowest BCUT2D eigenvalue weighted by molar-refractivity contribution is -0.115. The second kappa shape index (κ2) is 15.3. The van der Waals surface area contributed by atoms with Gasteiger partial charge >= 0.3 is 5.97 Å². The zero-order valence-electron chi connectivity index (χ0n) is 24.4. The first-order valence-corrected chi connectivity index (χ1v) is 14.8. The van der Waals surface area contributed by atoms with Crippen LogP contribution < -0.4 is 20.7 Å². The molecule has 0 heterocycles. The van der Waals surface area contributed by atoms with Gasteiger partial charge in [0, 0.05) is 27.4 Å². The van der Waals surface area contributed by atoms with Crippen molar-refractivity contribution in [3.8, 4) is 11.5 Å². The van der Waals surface area contributed by atoms with Crippen LogP contribution in [0.25, 0.3) is 6.08 Å². The predicted molar refractivity (Wildman–Crippen MR) is 174 cm³/mol. The second-order valence-electron chi connectivity index (χ2n) is 9.61. The van der Waals surface area contributed by atoms with E-state index in [1.54, 1.807) is 85.8 Å². The lowest BCUT2D eigenvalue weighted by Gasteiger charge is -2.14. The molecule has 45 heavy (non-hydrogen) atoms. The first-order valence-electron chi connectivity index (χ1n) is 13.9. The van der Waals surface area contributed by atoms with Gasteiger partial charge in [-0.3, -0.25) is 14.4 Å². The molecular formula is C34H31N3O7S. The normalized spacial score (nSPS) is 11.6. The largest absolute Gasteiger partial charge is 0.507 e. The topological polar surface area (TPSA) is 154 Å². The third kappa shape index (κ3) is 8.97. The number of phenols is 1. The molecule has 0 radical (unpaired) electrons. The van der Waals surface area contributed by atoms with Gasteiger partial charge in [-0.15, -0.1) is 11.8 Å². The summed E-state index contributed by atoms with van der Waals surface area (Å²) in [5.41, 5.74) is 1.41. The number of nitrogens with one attached hydrogen (secondary N) is 3. The number of aromatic carboxylic acids is 1. The van der Waals surface area contributed by atoms with Crippen molar-refractivity contribution in [3.63, 3.8) is 0 Å². The van der Waals surface area contributed by atoms with E-state index in [0.29, 0.717) is 29.2 Å². The SMILES string of the molecule is CCOc1ccccc1/C=C(\NC(=O)c1ccccc1)C(=O)Nc1ccc(SC(C)C(=O)Nc2ccc(O)c(C(=O)O)c2)cc1. The fourth-order valence-electron chi connectivity index (χ4n) is 4.09. The molecule has 0 spiro atoms. The fourth-order valence-corrected chi connectivity index (χ4v) is 4.95. The molecule has 0 saturated heterocycles. The molecule has 0 aromatic heterocycles. The Kier molecular flexibility index (Phi) is 11.0. The summed E-state index contributed by atoms with van der Waals surface area (Å²) in [6.45, 7) is 3.98. The highest BCUT2D eigenvalue weighted by Crippen LogP contribution is 2.27. The molecule has 4 aromatic carbocycles. The number of para-hydroxylation sites is 1. The van der Waals surface area contributed by atoms with E-state index in [2.05, 4.69) is 16.0 Å². The van der Waals surface area contributed by atoms with Crippen LogP contribution in [0.5, 0.6) is 11.5 Å². The average Bonchev–Trinajstić information content (AvgIpc) is 3.03. The molecule has 0 bridgehead atoms. The maximum absolute atomic E-state index is 13.4. The summed E-state index contributed by atoms with van der Waals surface area (Å²) in [5.74, 6) is -2.51. The van der Waals surface area contributed by atoms with Crippen LogP contribution in [0.1, 0.15) is 40.1 Å². The minimum atomic E-state index is -1.31. The number of anilines is 2. The van der Waals surface area contributed by atoms with Crippen molar-refractivity contribution in [2.24, 2.45) is 0 Å². The molecule has 0 aliphatic carbocycles. The van der Waals surface area contributed by atoms with Gasteiger partial charge in [-0.25, -0.2) is 4.79 Å². The third-order valence-corrected chi connectivity index (χ3v) is 7.45.